The van der Waals surface area contributed by atoms with Gasteiger partial charge >= 0.3 is 5.97 Å². The molecule has 0 aliphatic carbocycles. The maximum absolute atomic E-state index is 11.3. The van der Waals surface area contributed by atoms with E-state index in [0.29, 0.717) is 5.75 Å². The van der Waals surface area contributed by atoms with E-state index in [2.05, 4.69) is 15.2 Å². The Balaban J connectivity index is 2.44. The number of nitrogens with one attached hydrogen (secondary N) is 1. The molecule has 1 aromatic rings. The standard InChI is InChI=1S/C9H15N3O2S/c1-10-8(9(13)14-3)6-15-7-4-11-12(2)5-7/h4-5,8,10H,6H2,1-3H3. The van der Waals surface area contributed by atoms with Crippen molar-refractivity contribution in [3.05, 3.63) is 12.4 Å². The minimum absolute atomic E-state index is 0.242. The summed E-state index contributed by atoms with van der Waals surface area (Å²) in [5, 5.41) is 6.95. The minimum atomic E-state index is -0.278. The van der Waals surface area contributed by atoms with Gasteiger partial charge in [-0.05, 0) is 7.05 Å². The number of aryl methyl sites for hydroxylation is 1. The molecule has 0 saturated heterocycles. The molecule has 0 aromatic carbocycles. The molecule has 6 heteroatoms. The molecule has 0 spiro atoms. The summed E-state index contributed by atoms with van der Waals surface area (Å²) in [6, 6.07) is -0.278. The van der Waals surface area contributed by atoms with Crippen molar-refractivity contribution in [3.8, 4) is 0 Å². The van der Waals surface area contributed by atoms with Crippen molar-refractivity contribution in [1.29, 1.82) is 0 Å². The van der Waals surface area contributed by atoms with Crippen molar-refractivity contribution in [1.82, 2.24) is 15.1 Å². The molecule has 0 fully saturated rings. The average Bonchev–Trinajstić information content (AvgIpc) is 2.64. The number of likely N-dealkylation sites (N-methyl/N-ethyl adjacent to an activating group) is 1. The number of aromatic nitrogens is 2. The average molecular weight is 229 g/mol. The molecular weight excluding hydrogens is 214 g/mol. The van der Waals surface area contributed by atoms with Crippen LogP contribution in [0, 0.1) is 0 Å². The van der Waals surface area contributed by atoms with E-state index in [4.69, 9.17) is 0 Å². The van der Waals surface area contributed by atoms with Gasteiger partial charge in [-0.2, -0.15) is 5.10 Å². The van der Waals surface area contributed by atoms with Gasteiger partial charge < -0.3 is 10.1 Å². The zero-order valence-electron chi connectivity index (χ0n) is 9.06. The summed E-state index contributed by atoms with van der Waals surface area (Å²) in [6.07, 6.45) is 3.68. The van der Waals surface area contributed by atoms with E-state index in [1.165, 1.54) is 7.11 Å². The van der Waals surface area contributed by atoms with E-state index >= 15 is 0 Å². The lowest BCUT2D eigenvalue weighted by Gasteiger charge is -2.11. The molecule has 1 N–H and O–H groups in total. The highest BCUT2D eigenvalue weighted by Crippen LogP contribution is 2.17. The van der Waals surface area contributed by atoms with E-state index in [0.717, 1.165) is 4.90 Å². The molecule has 1 unspecified atom stereocenters. The highest BCUT2D eigenvalue weighted by Gasteiger charge is 2.16. The second kappa shape index (κ2) is 5.77. The first-order valence-electron chi connectivity index (χ1n) is 4.54. The summed E-state index contributed by atoms with van der Waals surface area (Å²) in [7, 11) is 4.99. The fourth-order valence-electron chi connectivity index (χ4n) is 1.06. The van der Waals surface area contributed by atoms with Crippen molar-refractivity contribution in [3.63, 3.8) is 0 Å². The highest BCUT2D eigenvalue weighted by molar-refractivity contribution is 7.99. The number of nitrogens with zero attached hydrogens (tertiary/aromatic N) is 2. The van der Waals surface area contributed by atoms with Crippen LogP contribution in [-0.4, -0.2) is 41.7 Å². The Hall–Kier alpha value is -1.01. The van der Waals surface area contributed by atoms with Crippen molar-refractivity contribution in [2.24, 2.45) is 7.05 Å². The molecule has 1 atom stereocenters. The van der Waals surface area contributed by atoms with Gasteiger partial charge in [0, 0.05) is 23.9 Å². The Labute approximate surface area is 93.2 Å². The number of hydrogen-bond acceptors (Lipinski definition) is 5. The monoisotopic (exact) mass is 229 g/mol. The van der Waals surface area contributed by atoms with Gasteiger partial charge in [-0.1, -0.05) is 0 Å². The van der Waals surface area contributed by atoms with E-state index in [9.17, 15) is 4.79 Å². The first kappa shape index (κ1) is 12.1. The molecule has 0 aliphatic rings. The molecule has 5 nitrogen and oxygen atoms in total. The number of carbonyl (C=O) groups excluding carboxylic acids is 1. The van der Waals surface area contributed by atoms with Gasteiger partial charge in [0.1, 0.15) is 6.04 Å². The second-order valence-corrected chi connectivity index (χ2v) is 4.12. The molecular formula is C9H15N3O2S. The summed E-state index contributed by atoms with van der Waals surface area (Å²) in [6.45, 7) is 0. The first-order valence-corrected chi connectivity index (χ1v) is 5.52. The smallest absolute Gasteiger partial charge is 0.323 e. The summed E-state index contributed by atoms with van der Waals surface area (Å²) in [5.41, 5.74) is 0. The van der Waals surface area contributed by atoms with Crippen molar-refractivity contribution < 1.29 is 9.53 Å². The van der Waals surface area contributed by atoms with Crippen molar-refractivity contribution in [2.45, 2.75) is 10.9 Å². The molecule has 0 saturated carbocycles. The predicted octanol–water partition coefficient (Wildman–Crippen LogP) is 0.273. The molecule has 15 heavy (non-hydrogen) atoms. The molecule has 0 aliphatic heterocycles. The maximum atomic E-state index is 11.3. The lowest BCUT2D eigenvalue weighted by Crippen LogP contribution is -2.37. The van der Waals surface area contributed by atoms with Crippen LogP contribution in [0.2, 0.25) is 0 Å². The van der Waals surface area contributed by atoms with Gasteiger partial charge in [-0.3, -0.25) is 9.48 Å². The Bertz CT molecular complexity index is 327. The number of rotatable bonds is 5. The SMILES string of the molecule is CNC(CSc1cnn(C)c1)C(=O)OC. The van der Waals surface area contributed by atoms with Crippen LogP contribution in [0.25, 0.3) is 0 Å². The number of methoxy groups -OCH3 is 1. The van der Waals surface area contributed by atoms with Gasteiger partial charge in [0.05, 0.1) is 13.3 Å². The maximum Gasteiger partial charge on any atom is 0.323 e. The minimum Gasteiger partial charge on any atom is -0.468 e. The van der Waals surface area contributed by atoms with Gasteiger partial charge in [-0.15, -0.1) is 11.8 Å². The topological polar surface area (TPSA) is 56.2 Å². The van der Waals surface area contributed by atoms with Gasteiger partial charge in [0.25, 0.3) is 0 Å². The third-order valence-corrected chi connectivity index (χ3v) is 2.98. The molecule has 0 bridgehead atoms. The van der Waals surface area contributed by atoms with Crippen LogP contribution < -0.4 is 5.32 Å². The molecule has 0 radical (unpaired) electrons. The largest absolute Gasteiger partial charge is 0.468 e. The second-order valence-electron chi connectivity index (χ2n) is 3.03. The summed E-state index contributed by atoms with van der Waals surface area (Å²) in [5.74, 6) is 0.392. The normalized spacial score (nSPS) is 12.5. The zero-order chi connectivity index (χ0) is 11.3. The Kier molecular flexibility index (Phi) is 4.64. The molecule has 84 valence electrons. The van der Waals surface area contributed by atoms with Gasteiger partial charge in [0.15, 0.2) is 0 Å². The molecule has 1 rings (SSSR count). The zero-order valence-corrected chi connectivity index (χ0v) is 9.87. The highest BCUT2D eigenvalue weighted by atomic mass is 32.2. The van der Waals surface area contributed by atoms with Gasteiger partial charge in [-0.25, -0.2) is 0 Å². The van der Waals surface area contributed by atoms with E-state index in [1.807, 2.05) is 13.2 Å². The predicted molar refractivity (Wildman–Crippen MR) is 58.8 cm³/mol. The summed E-state index contributed by atoms with van der Waals surface area (Å²) in [4.78, 5) is 12.3. The van der Waals surface area contributed by atoms with Gasteiger partial charge in [0.2, 0.25) is 0 Å². The first-order chi connectivity index (χ1) is 7.17. The van der Waals surface area contributed by atoms with Crippen LogP contribution in [-0.2, 0) is 16.6 Å². The summed E-state index contributed by atoms with van der Waals surface area (Å²) < 4.78 is 6.39. The fourth-order valence-corrected chi connectivity index (χ4v) is 2.07. The third-order valence-electron chi connectivity index (χ3n) is 1.93. The Morgan fingerprint density at radius 1 is 1.80 bits per heavy atom. The fraction of sp³-hybridized carbons (Fsp3) is 0.556. The number of hydrogen-bond donors (Lipinski definition) is 1. The van der Waals surface area contributed by atoms with E-state index in [-0.39, 0.29) is 12.0 Å². The number of carbonyl (C=O) groups is 1. The molecule has 1 heterocycles. The van der Waals surface area contributed by atoms with Crippen LogP contribution in [0.4, 0.5) is 0 Å². The Morgan fingerprint density at radius 3 is 3.00 bits per heavy atom. The van der Waals surface area contributed by atoms with E-state index < -0.39 is 0 Å². The number of esters is 1. The lowest BCUT2D eigenvalue weighted by atomic mass is 10.3. The van der Waals surface area contributed by atoms with Crippen LogP contribution in [0.3, 0.4) is 0 Å². The van der Waals surface area contributed by atoms with Crippen molar-refractivity contribution in [2.75, 3.05) is 19.9 Å². The van der Waals surface area contributed by atoms with Crippen LogP contribution in [0.15, 0.2) is 17.3 Å². The Morgan fingerprint density at radius 2 is 2.53 bits per heavy atom. The quantitative estimate of drug-likeness (QED) is 0.580. The lowest BCUT2D eigenvalue weighted by molar-refractivity contribution is -0.142. The van der Waals surface area contributed by atoms with Crippen LogP contribution in [0.5, 0.6) is 0 Å². The van der Waals surface area contributed by atoms with Crippen molar-refractivity contribution >= 4 is 17.7 Å². The third kappa shape index (κ3) is 3.56. The van der Waals surface area contributed by atoms with Crippen LogP contribution >= 0.6 is 11.8 Å². The number of thioether (sulfide) groups is 1. The number of ether oxygens (including phenoxy) is 1. The summed E-state index contributed by atoms with van der Waals surface area (Å²) >= 11 is 1.57. The van der Waals surface area contributed by atoms with Crippen LogP contribution in [0.1, 0.15) is 0 Å². The molecule has 1 aromatic heterocycles. The van der Waals surface area contributed by atoms with E-state index in [1.54, 1.807) is 29.7 Å². The molecule has 0 amide bonds.